The van der Waals surface area contributed by atoms with Crippen molar-refractivity contribution in [3.8, 4) is 11.8 Å². The quantitative estimate of drug-likeness (QED) is 0.822. The van der Waals surface area contributed by atoms with Crippen molar-refractivity contribution in [3.05, 3.63) is 54.1 Å². The van der Waals surface area contributed by atoms with Crippen molar-refractivity contribution in [2.75, 3.05) is 6.61 Å². The van der Waals surface area contributed by atoms with Crippen LogP contribution in [0, 0.1) is 11.3 Å². The van der Waals surface area contributed by atoms with Crippen molar-refractivity contribution in [3.63, 3.8) is 0 Å². The third-order valence-electron chi connectivity index (χ3n) is 2.59. The summed E-state index contributed by atoms with van der Waals surface area (Å²) in [6.07, 6.45) is 4.90. The van der Waals surface area contributed by atoms with E-state index in [4.69, 9.17) is 10.00 Å². The summed E-state index contributed by atoms with van der Waals surface area (Å²) >= 11 is 0. The van der Waals surface area contributed by atoms with Crippen LogP contribution in [-0.4, -0.2) is 16.6 Å². The second-order valence-corrected chi connectivity index (χ2v) is 3.95. The van der Waals surface area contributed by atoms with Crippen molar-refractivity contribution in [1.29, 1.82) is 5.26 Å². The second-order valence-electron chi connectivity index (χ2n) is 3.95. The molecular formula is C14H13N3O. The Morgan fingerprint density at radius 3 is 2.94 bits per heavy atom. The molecule has 0 N–H and O–H groups in total. The van der Waals surface area contributed by atoms with Gasteiger partial charge in [0.2, 0.25) is 0 Å². The normalized spacial score (nSPS) is 11.6. The molecule has 0 aliphatic rings. The summed E-state index contributed by atoms with van der Waals surface area (Å²) in [6.45, 7) is 2.50. The van der Waals surface area contributed by atoms with Crippen LogP contribution < -0.4 is 4.74 Å². The standard InChI is InChI=1S/C14H13N3O/c1-11(13-4-2-3-6-17-13)10-18-14-9-16-7-5-12(14)8-15/h2-7,9,11H,10H2,1H3. The van der Waals surface area contributed by atoms with Crippen LogP contribution in [0.1, 0.15) is 24.1 Å². The number of hydrogen-bond donors (Lipinski definition) is 0. The number of rotatable bonds is 4. The molecule has 1 unspecified atom stereocenters. The number of pyridine rings is 2. The van der Waals surface area contributed by atoms with E-state index in [2.05, 4.69) is 16.0 Å². The Balaban J connectivity index is 2.02. The van der Waals surface area contributed by atoms with E-state index in [1.807, 2.05) is 25.1 Å². The monoisotopic (exact) mass is 239 g/mol. The number of nitriles is 1. The first-order valence-corrected chi connectivity index (χ1v) is 5.69. The molecule has 0 saturated carbocycles. The Morgan fingerprint density at radius 1 is 1.33 bits per heavy atom. The van der Waals surface area contributed by atoms with Crippen molar-refractivity contribution in [1.82, 2.24) is 9.97 Å². The molecule has 0 fully saturated rings. The van der Waals surface area contributed by atoms with Crippen LogP contribution in [0.25, 0.3) is 0 Å². The van der Waals surface area contributed by atoms with Gasteiger partial charge in [-0.15, -0.1) is 0 Å². The first-order valence-electron chi connectivity index (χ1n) is 5.69. The van der Waals surface area contributed by atoms with E-state index in [0.29, 0.717) is 17.9 Å². The summed E-state index contributed by atoms with van der Waals surface area (Å²) < 4.78 is 5.62. The van der Waals surface area contributed by atoms with E-state index in [1.54, 1.807) is 24.7 Å². The molecule has 2 heterocycles. The van der Waals surface area contributed by atoms with Gasteiger partial charge in [-0.3, -0.25) is 9.97 Å². The molecule has 4 heteroatoms. The predicted octanol–water partition coefficient (Wildman–Crippen LogP) is 2.53. The fourth-order valence-corrected chi connectivity index (χ4v) is 1.55. The van der Waals surface area contributed by atoms with E-state index < -0.39 is 0 Å². The molecule has 0 aromatic carbocycles. The van der Waals surface area contributed by atoms with Gasteiger partial charge in [0.05, 0.1) is 18.4 Å². The molecule has 2 rings (SSSR count). The fourth-order valence-electron chi connectivity index (χ4n) is 1.55. The Morgan fingerprint density at radius 2 is 2.22 bits per heavy atom. The second kappa shape index (κ2) is 5.78. The molecule has 0 aliphatic carbocycles. The maximum atomic E-state index is 8.93. The molecule has 0 radical (unpaired) electrons. The highest BCUT2D eigenvalue weighted by Gasteiger charge is 2.09. The summed E-state index contributed by atoms with van der Waals surface area (Å²) in [6, 6.07) is 9.51. The largest absolute Gasteiger partial charge is 0.490 e. The number of nitrogens with zero attached hydrogens (tertiary/aromatic N) is 3. The zero-order valence-electron chi connectivity index (χ0n) is 10.1. The van der Waals surface area contributed by atoms with Gasteiger partial charge in [0, 0.05) is 24.0 Å². The number of aromatic nitrogens is 2. The van der Waals surface area contributed by atoms with Gasteiger partial charge in [-0.2, -0.15) is 5.26 Å². The Labute approximate surface area is 106 Å². The minimum atomic E-state index is 0.165. The molecule has 0 bridgehead atoms. The maximum absolute atomic E-state index is 8.93. The first kappa shape index (κ1) is 12.1. The number of ether oxygens (including phenoxy) is 1. The van der Waals surface area contributed by atoms with Crippen LogP contribution in [0.4, 0.5) is 0 Å². The molecule has 0 amide bonds. The molecule has 2 aromatic heterocycles. The highest BCUT2D eigenvalue weighted by Crippen LogP contribution is 2.18. The summed E-state index contributed by atoms with van der Waals surface area (Å²) in [7, 11) is 0. The molecule has 4 nitrogen and oxygen atoms in total. The van der Waals surface area contributed by atoms with Gasteiger partial charge in [0.25, 0.3) is 0 Å². The molecular weight excluding hydrogens is 226 g/mol. The minimum Gasteiger partial charge on any atom is -0.490 e. The molecule has 0 spiro atoms. The van der Waals surface area contributed by atoms with E-state index in [9.17, 15) is 0 Å². The average Bonchev–Trinajstić information content (AvgIpc) is 2.46. The SMILES string of the molecule is CC(COc1cnccc1C#N)c1ccccn1. The van der Waals surface area contributed by atoms with Crippen LogP contribution in [0.5, 0.6) is 5.75 Å². The lowest BCUT2D eigenvalue weighted by Crippen LogP contribution is -2.09. The van der Waals surface area contributed by atoms with Crippen LogP contribution in [0.2, 0.25) is 0 Å². The van der Waals surface area contributed by atoms with Crippen LogP contribution in [-0.2, 0) is 0 Å². The fraction of sp³-hybridized carbons (Fsp3) is 0.214. The molecule has 1 atom stereocenters. The van der Waals surface area contributed by atoms with Gasteiger partial charge in [-0.25, -0.2) is 0 Å². The molecule has 0 saturated heterocycles. The zero-order chi connectivity index (χ0) is 12.8. The van der Waals surface area contributed by atoms with Crippen LogP contribution >= 0.6 is 0 Å². The highest BCUT2D eigenvalue weighted by molar-refractivity contribution is 5.40. The third-order valence-corrected chi connectivity index (χ3v) is 2.59. The average molecular weight is 239 g/mol. The van der Waals surface area contributed by atoms with Gasteiger partial charge in [-0.1, -0.05) is 13.0 Å². The summed E-state index contributed by atoms with van der Waals surface area (Å²) in [5.74, 6) is 0.681. The van der Waals surface area contributed by atoms with Crippen molar-refractivity contribution < 1.29 is 4.74 Å². The van der Waals surface area contributed by atoms with E-state index >= 15 is 0 Å². The lowest BCUT2D eigenvalue weighted by Gasteiger charge is -2.12. The molecule has 0 aliphatic heterocycles. The maximum Gasteiger partial charge on any atom is 0.155 e. The van der Waals surface area contributed by atoms with E-state index in [0.717, 1.165) is 5.69 Å². The molecule has 90 valence electrons. The topological polar surface area (TPSA) is 58.8 Å². The third kappa shape index (κ3) is 2.83. The smallest absolute Gasteiger partial charge is 0.155 e. The van der Waals surface area contributed by atoms with Crippen LogP contribution in [0.15, 0.2) is 42.9 Å². The highest BCUT2D eigenvalue weighted by atomic mass is 16.5. The Hall–Kier alpha value is -2.41. The zero-order valence-corrected chi connectivity index (χ0v) is 10.1. The van der Waals surface area contributed by atoms with Gasteiger partial charge < -0.3 is 4.74 Å². The lowest BCUT2D eigenvalue weighted by molar-refractivity contribution is 0.292. The van der Waals surface area contributed by atoms with Crippen LogP contribution in [0.3, 0.4) is 0 Å². The summed E-state index contributed by atoms with van der Waals surface area (Å²) in [5, 5.41) is 8.93. The number of hydrogen-bond acceptors (Lipinski definition) is 4. The molecule has 2 aromatic rings. The lowest BCUT2D eigenvalue weighted by atomic mass is 10.1. The summed E-state index contributed by atoms with van der Waals surface area (Å²) in [5.41, 5.74) is 1.47. The molecule has 18 heavy (non-hydrogen) atoms. The van der Waals surface area contributed by atoms with Crippen molar-refractivity contribution >= 4 is 0 Å². The van der Waals surface area contributed by atoms with Crippen molar-refractivity contribution in [2.45, 2.75) is 12.8 Å². The van der Waals surface area contributed by atoms with E-state index in [1.165, 1.54) is 0 Å². The van der Waals surface area contributed by atoms with Gasteiger partial charge in [0.15, 0.2) is 5.75 Å². The van der Waals surface area contributed by atoms with Gasteiger partial charge in [0.1, 0.15) is 6.07 Å². The Kier molecular flexibility index (Phi) is 3.87. The summed E-state index contributed by atoms with van der Waals surface area (Å²) in [4.78, 5) is 8.23. The predicted molar refractivity (Wildman–Crippen MR) is 67.1 cm³/mol. The van der Waals surface area contributed by atoms with Crippen molar-refractivity contribution in [2.24, 2.45) is 0 Å². The minimum absolute atomic E-state index is 0.165. The van der Waals surface area contributed by atoms with Gasteiger partial charge >= 0.3 is 0 Å². The Bertz CT molecular complexity index is 548. The van der Waals surface area contributed by atoms with Gasteiger partial charge in [-0.05, 0) is 18.2 Å². The first-order chi connectivity index (χ1) is 8.81. The van der Waals surface area contributed by atoms with E-state index in [-0.39, 0.29) is 5.92 Å².